The van der Waals surface area contributed by atoms with Gasteiger partial charge in [0.25, 0.3) is 0 Å². The van der Waals surface area contributed by atoms with Crippen LogP contribution in [0.15, 0.2) is 0 Å². The van der Waals surface area contributed by atoms with Crippen molar-refractivity contribution < 1.29 is 53.4 Å². The first-order valence-corrected chi connectivity index (χ1v) is 10.1. The minimum absolute atomic E-state index is 0.0632. The van der Waals surface area contributed by atoms with E-state index in [-0.39, 0.29) is 11.5 Å². The van der Waals surface area contributed by atoms with Crippen molar-refractivity contribution in [1.82, 2.24) is 0 Å². The van der Waals surface area contributed by atoms with Crippen molar-refractivity contribution in [2.24, 2.45) is 0 Å². The Morgan fingerprint density at radius 3 is 2.25 bits per heavy atom. The maximum absolute atomic E-state index is 11.8. The minimum Gasteiger partial charge on any atom is -0.391 e. The molecule has 0 amide bonds. The summed E-state index contributed by atoms with van der Waals surface area (Å²) in [5.74, 6) is -0.0960. The normalized spacial score (nSPS) is 47.0. The average Bonchev–Trinajstić information content (AvgIpc) is 2.78. The van der Waals surface area contributed by atoms with E-state index in [1.807, 2.05) is 0 Å². The second-order valence-electron chi connectivity index (χ2n) is 5.73. The maximum atomic E-state index is 11.8. The average molecular weight is 393 g/mol. The lowest BCUT2D eigenvalue weighted by Gasteiger charge is -2.38. The van der Waals surface area contributed by atoms with Crippen molar-refractivity contribution in [1.29, 1.82) is 0 Å². The second-order valence-corrected chi connectivity index (χ2v) is 9.75. The fraction of sp³-hybridized carbons (Fsp3) is 1.00. The molecule has 0 aromatic carbocycles. The Morgan fingerprint density at radius 1 is 1.08 bits per heavy atom. The van der Waals surface area contributed by atoms with Gasteiger partial charge in [-0.3, -0.25) is 0 Å². The van der Waals surface area contributed by atoms with E-state index in [0.717, 1.165) is 0 Å². The highest BCUT2D eigenvalue weighted by Gasteiger charge is 2.57. The smallest absolute Gasteiger partial charge is 0.301 e. The molecule has 13 heteroatoms. The molecule has 0 saturated carbocycles. The molecule has 0 aliphatic carbocycles. The highest BCUT2D eigenvalue weighted by Crippen LogP contribution is 2.31. The third kappa shape index (κ3) is 3.71. The van der Waals surface area contributed by atoms with Crippen molar-refractivity contribution in [3.8, 4) is 0 Å². The van der Waals surface area contributed by atoms with Gasteiger partial charge in [0.2, 0.25) is 0 Å². The molecule has 0 aromatic rings. The van der Waals surface area contributed by atoms with Crippen molar-refractivity contribution >= 4 is 21.0 Å². The van der Waals surface area contributed by atoms with E-state index in [0.29, 0.717) is 0 Å². The van der Waals surface area contributed by atoms with Gasteiger partial charge in [0, 0.05) is 10.9 Å². The van der Waals surface area contributed by atoms with Gasteiger partial charge in [-0.15, -0.1) is 4.33 Å². The highest BCUT2D eigenvalue weighted by atomic mass is 32.2. The molecular formula is C11H21O11S2+. The highest BCUT2D eigenvalue weighted by molar-refractivity contribution is 7.98. The molecule has 2 aliphatic rings. The number of hydrogen-bond donors (Lipinski definition) is 7. The van der Waals surface area contributed by atoms with E-state index >= 15 is 0 Å². The van der Waals surface area contributed by atoms with Crippen LogP contribution in [-0.4, -0.2) is 110 Å². The predicted molar refractivity (Wildman–Crippen MR) is 79.3 cm³/mol. The molecule has 2 saturated heterocycles. The summed E-state index contributed by atoms with van der Waals surface area (Å²) in [6.45, 7) is -0.463. The number of aliphatic hydroxyl groups is 6. The van der Waals surface area contributed by atoms with Crippen molar-refractivity contribution in [3.05, 3.63) is 0 Å². The molecule has 0 aromatic heterocycles. The molecule has 2 aliphatic heterocycles. The molecule has 2 unspecified atom stereocenters. The Labute approximate surface area is 140 Å². The zero-order chi connectivity index (χ0) is 18.2. The quantitative estimate of drug-likeness (QED) is 0.135. The molecule has 2 rings (SSSR count). The SMILES string of the molecule is O=S(=O)(OO)[C@@H]1[C@H](O)[C@@H](O)C(O)O[C@@H]1C[S+]1C[C@@H](O)[C@H](O)[C@H]1CO. The summed E-state index contributed by atoms with van der Waals surface area (Å²) in [6, 6.07) is 0. The van der Waals surface area contributed by atoms with E-state index in [4.69, 9.17) is 9.99 Å². The van der Waals surface area contributed by atoms with Crippen LogP contribution in [0.5, 0.6) is 0 Å². The van der Waals surface area contributed by atoms with E-state index in [1.54, 1.807) is 0 Å². The molecule has 9 atom stereocenters. The monoisotopic (exact) mass is 393 g/mol. The number of hydrogen-bond acceptors (Lipinski definition) is 11. The first kappa shape index (κ1) is 20.3. The Hall–Kier alpha value is -0.0600. The van der Waals surface area contributed by atoms with Crippen LogP contribution in [0.2, 0.25) is 0 Å². The lowest BCUT2D eigenvalue weighted by atomic mass is 10.0. The van der Waals surface area contributed by atoms with Gasteiger partial charge in [0.05, 0.1) is 6.61 Å². The van der Waals surface area contributed by atoms with E-state index in [1.165, 1.54) is 0 Å². The lowest BCUT2D eigenvalue weighted by molar-refractivity contribution is -0.242. The van der Waals surface area contributed by atoms with Crippen molar-refractivity contribution in [2.45, 2.75) is 47.3 Å². The largest absolute Gasteiger partial charge is 0.391 e. The number of ether oxygens (including phenoxy) is 1. The van der Waals surface area contributed by atoms with E-state index in [2.05, 4.69) is 4.33 Å². The van der Waals surface area contributed by atoms with Gasteiger partial charge in [-0.25, -0.2) is 5.26 Å². The zero-order valence-electron chi connectivity index (χ0n) is 12.3. The first-order valence-electron chi connectivity index (χ1n) is 7.03. The van der Waals surface area contributed by atoms with Crippen LogP contribution < -0.4 is 0 Å². The lowest BCUT2D eigenvalue weighted by Crippen LogP contribution is -2.62. The summed E-state index contributed by atoms with van der Waals surface area (Å²) in [7, 11) is -5.64. The number of aliphatic hydroxyl groups excluding tert-OH is 6. The van der Waals surface area contributed by atoms with Gasteiger partial charge < -0.3 is 35.4 Å². The fourth-order valence-electron chi connectivity index (χ4n) is 2.96. The van der Waals surface area contributed by atoms with Gasteiger partial charge in [-0.2, -0.15) is 8.42 Å². The Bertz CT molecular complexity index is 528. The van der Waals surface area contributed by atoms with E-state index in [9.17, 15) is 39.1 Å². The predicted octanol–water partition coefficient (Wildman–Crippen LogP) is -4.67. The first-order chi connectivity index (χ1) is 11.1. The Morgan fingerprint density at radius 2 is 1.71 bits per heavy atom. The third-order valence-corrected chi connectivity index (χ3v) is 8.51. The van der Waals surface area contributed by atoms with Crippen LogP contribution in [0.25, 0.3) is 0 Å². The van der Waals surface area contributed by atoms with Crippen molar-refractivity contribution in [2.75, 3.05) is 18.1 Å². The van der Waals surface area contributed by atoms with Crippen LogP contribution in [0.1, 0.15) is 0 Å². The zero-order valence-corrected chi connectivity index (χ0v) is 14.0. The molecule has 2 fully saturated rings. The standard InChI is InChI=1S/C11H20O11S2/c12-1-6-7(14)4(13)2-23(6)3-5-10(24(19,20)22-18)8(15)9(16)11(17)21-5/h4-17H,1-3H2/p+1/t4-,5-,6-,7+,8-,9-,10+,11?,23?/m1/s1. The van der Waals surface area contributed by atoms with Gasteiger partial charge >= 0.3 is 10.1 Å². The summed E-state index contributed by atoms with van der Waals surface area (Å²) < 4.78 is 32.1. The molecular weight excluding hydrogens is 372 g/mol. The number of rotatable bonds is 5. The van der Waals surface area contributed by atoms with Gasteiger partial charge in [0.1, 0.15) is 47.3 Å². The van der Waals surface area contributed by atoms with Crippen LogP contribution in [-0.2, 0) is 30.1 Å². The molecule has 0 spiro atoms. The molecule has 11 nitrogen and oxygen atoms in total. The van der Waals surface area contributed by atoms with Gasteiger partial charge in [-0.05, 0) is 0 Å². The van der Waals surface area contributed by atoms with Crippen LogP contribution in [0.4, 0.5) is 0 Å². The van der Waals surface area contributed by atoms with Crippen molar-refractivity contribution in [3.63, 3.8) is 0 Å². The summed E-state index contributed by atoms with van der Waals surface area (Å²) in [4.78, 5) is 0. The molecule has 24 heavy (non-hydrogen) atoms. The summed E-state index contributed by atoms with van der Waals surface area (Å²) in [5, 5.41) is 63.9. The molecule has 2 heterocycles. The van der Waals surface area contributed by atoms with Crippen LogP contribution >= 0.6 is 0 Å². The van der Waals surface area contributed by atoms with Gasteiger partial charge in [0.15, 0.2) is 11.5 Å². The molecule has 0 bridgehead atoms. The maximum Gasteiger partial charge on any atom is 0.301 e. The van der Waals surface area contributed by atoms with Crippen LogP contribution in [0.3, 0.4) is 0 Å². The summed E-state index contributed by atoms with van der Waals surface area (Å²) in [5.41, 5.74) is 0. The summed E-state index contributed by atoms with van der Waals surface area (Å²) >= 11 is 0. The Balaban J connectivity index is 2.25. The van der Waals surface area contributed by atoms with Gasteiger partial charge in [-0.1, -0.05) is 0 Å². The second kappa shape index (κ2) is 7.67. The summed E-state index contributed by atoms with van der Waals surface area (Å²) in [6.07, 6.45) is -9.52. The molecule has 0 radical (unpaired) electrons. The van der Waals surface area contributed by atoms with Crippen LogP contribution in [0, 0.1) is 0 Å². The topological polar surface area (TPSA) is 194 Å². The molecule has 7 N–H and O–H groups in total. The fourth-order valence-corrected chi connectivity index (χ4v) is 6.98. The van der Waals surface area contributed by atoms with E-state index < -0.39 is 74.9 Å². The third-order valence-electron chi connectivity index (χ3n) is 4.24. The minimum atomic E-state index is -4.74. The Kier molecular flexibility index (Phi) is 6.47. The molecule has 142 valence electrons.